The molecule has 6 rings (SSSR count). The Labute approximate surface area is 247 Å². The minimum atomic E-state index is -0.311. The van der Waals surface area contributed by atoms with Crippen molar-refractivity contribution in [3.63, 3.8) is 0 Å². The number of nitrogens with zero attached hydrogens (tertiary/aromatic N) is 1. The molecule has 0 aromatic heterocycles. The summed E-state index contributed by atoms with van der Waals surface area (Å²) in [5.41, 5.74) is 7.42. The first-order valence-electron chi connectivity index (χ1n) is 14.7. The van der Waals surface area contributed by atoms with Crippen molar-refractivity contribution >= 4 is 40.1 Å². The number of rotatable bonds is 8. The number of nitrogens with one attached hydrogen (secondary N) is 3. The molecule has 1 fully saturated rings. The molecule has 2 amide bonds. The van der Waals surface area contributed by atoms with Gasteiger partial charge in [0, 0.05) is 29.2 Å². The van der Waals surface area contributed by atoms with Gasteiger partial charge in [0.05, 0.1) is 17.2 Å². The Kier molecular flexibility index (Phi) is 8.15. The minimum absolute atomic E-state index is 0.102. The lowest BCUT2D eigenvalue weighted by Crippen LogP contribution is -2.29. The van der Waals surface area contributed by atoms with Crippen molar-refractivity contribution in [1.82, 2.24) is 4.90 Å². The van der Waals surface area contributed by atoms with Crippen LogP contribution in [0, 0.1) is 0 Å². The van der Waals surface area contributed by atoms with Crippen molar-refractivity contribution in [2.45, 2.75) is 38.6 Å². The van der Waals surface area contributed by atoms with E-state index in [1.165, 1.54) is 24.8 Å². The van der Waals surface area contributed by atoms with E-state index in [-0.39, 0.29) is 17.7 Å². The van der Waals surface area contributed by atoms with Crippen LogP contribution in [0.5, 0.6) is 0 Å². The first-order valence-corrected chi connectivity index (χ1v) is 14.7. The molecule has 1 atom stereocenters. The molecule has 1 saturated heterocycles. The molecule has 1 unspecified atom stereocenters. The topological polar surface area (TPSA) is 73.5 Å². The number of carbonyl (C=O) groups is 2. The van der Waals surface area contributed by atoms with E-state index in [9.17, 15) is 9.59 Å². The van der Waals surface area contributed by atoms with Crippen LogP contribution in [0.4, 0.5) is 17.1 Å². The first-order chi connectivity index (χ1) is 20.5. The quantitative estimate of drug-likeness (QED) is 0.199. The monoisotopic (exact) mass is 556 g/mol. The van der Waals surface area contributed by atoms with Gasteiger partial charge in [0.15, 0.2) is 0 Å². The largest absolute Gasteiger partial charge is 0.354 e. The Morgan fingerprint density at radius 2 is 1.48 bits per heavy atom. The van der Waals surface area contributed by atoms with Gasteiger partial charge >= 0.3 is 0 Å². The Morgan fingerprint density at radius 3 is 2.19 bits per heavy atom. The van der Waals surface area contributed by atoms with Crippen molar-refractivity contribution in [1.29, 1.82) is 0 Å². The van der Waals surface area contributed by atoms with Gasteiger partial charge in [0.25, 0.3) is 5.91 Å². The molecule has 6 heteroatoms. The third-order valence-corrected chi connectivity index (χ3v) is 8.12. The van der Waals surface area contributed by atoms with Crippen molar-refractivity contribution < 1.29 is 9.59 Å². The van der Waals surface area contributed by atoms with Gasteiger partial charge in [-0.3, -0.25) is 14.5 Å². The lowest BCUT2D eigenvalue weighted by Gasteiger charge is -2.26. The normalized spacial score (nSPS) is 16.7. The third kappa shape index (κ3) is 6.14. The van der Waals surface area contributed by atoms with Gasteiger partial charge in [-0.2, -0.15) is 0 Å². The van der Waals surface area contributed by atoms with Crippen LogP contribution in [0.2, 0.25) is 0 Å². The maximum atomic E-state index is 13.4. The number of benzene rings is 4. The Hall–Kier alpha value is -4.68. The number of carbonyl (C=O) groups excluding carboxylic acids is 2. The molecule has 0 bridgehead atoms. The highest BCUT2D eigenvalue weighted by atomic mass is 16.2. The zero-order valence-corrected chi connectivity index (χ0v) is 23.9. The third-order valence-electron chi connectivity index (χ3n) is 8.12. The highest BCUT2D eigenvalue weighted by molar-refractivity contribution is 6.37. The summed E-state index contributed by atoms with van der Waals surface area (Å²) in [6.07, 6.45) is 3.87. The Bertz CT molecular complexity index is 1590. The summed E-state index contributed by atoms with van der Waals surface area (Å²) >= 11 is 0. The average molecular weight is 557 g/mol. The van der Waals surface area contributed by atoms with Crippen LogP contribution in [0.15, 0.2) is 103 Å². The molecule has 3 N–H and O–H groups in total. The van der Waals surface area contributed by atoms with Crippen LogP contribution in [0.25, 0.3) is 11.3 Å². The highest BCUT2D eigenvalue weighted by Gasteiger charge is 2.29. The van der Waals surface area contributed by atoms with E-state index in [0.717, 1.165) is 53.4 Å². The standard InChI is InChI=1S/C36H36N4O2/c1-25(27-11-5-2-6-12-27)35(41)38-30-19-20-32-31(23-30)33(36(42)39-32)34(28-13-7-3-8-14-28)37-29-17-15-26(16-18-29)24-40-21-9-4-10-22-40/h2-3,5-8,11-20,23,25,37H,4,9-10,21-22,24H2,1H3,(H,38,41)(H,39,42). The predicted molar refractivity (Wildman–Crippen MR) is 171 cm³/mol. The van der Waals surface area contributed by atoms with E-state index >= 15 is 0 Å². The van der Waals surface area contributed by atoms with Crippen LogP contribution in [0.1, 0.15) is 54.4 Å². The number of hydrogen-bond donors (Lipinski definition) is 3. The molecule has 42 heavy (non-hydrogen) atoms. The van der Waals surface area contributed by atoms with Crippen LogP contribution in [-0.4, -0.2) is 29.8 Å². The zero-order valence-electron chi connectivity index (χ0n) is 23.9. The SMILES string of the molecule is CC(C(=O)Nc1ccc2c(c1)C(=C(Nc1ccc(CN3CCCCC3)cc1)c1ccccc1)C(=O)N2)c1ccccc1. The van der Waals surface area contributed by atoms with Crippen LogP contribution in [-0.2, 0) is 16.1 Å². The van der Waals surface area contributed by atoms with Gasteiger partial charge in [-0.05, 0) is 79.9 Å². The average Bonchev–Trinajstić information content (AvgIpc) is 3.36. The molecule has 0 spiro atoms. The van der Waals surface area contributed by atoms with Gasteiger partial charge in [0.2, 0.25) is 5.91 Å². The number of likely N-dealkylation sites (tertiary alicyclic amines) is 1. The van der Waals surface area contributed by atoms with E-state index in [1.807, 2.05) is 85.8 Å². The van der Waals surface area contributed by atoms with Crippen LogP contribution < -0.4 is 16.0 Å². The van der Waals surface area contributed by atoms with Gasteiger partial charge in [-0.15, -0.1) is 0 Å². The molecule has 0 aliphatic carbocycles. The second-order valence-electron chi connectivity index (χ2n) is 11.1. The summed E-state index contributed by atoms with van der Waals surface area (Å²) in [5, 5.41) is 9.62. The second kappa shape index (κ2) is 12.5. The molecule has 4 aromatic carbocycles. The predicted octanol–water partition coefficient (Wildman–Crippen LogP) is 7.35. The second-order valence-corrected chi connectivity index (χ2v) is 11.1. The summed E-state index contributed by atoms with van der Waals surface area (Å²) in [5.74, 6) is -0.595. The summed E-state index contributed by atoms with van der Waals surface area (Å²) in [6, 6.07) is 33.6. The summed E-state index contributed by atoms with van der Waals surface area (Å²) in [7, 11) is 0. The van der Waals surface area contributed by atoms with Crippen LogP contribution in [0.3, 0.4) is 0 Å². The van der Waals surface area contributed by atoms with Gasteiger partial charge < -0.3 is 16.0 Å². The van der Waals surface area contributed by atoms with E-state index < -0.39 is 0 Å². The lowest BCUT2D eigenvalue weighted by molar-refractivity contribution is -0.117. The fraction of sp³-hybridized carbons (Fsp3) is 0.222. The van der Waals surface area contributed by atoms with Gasteiger partial charge in [0.1, 0.15) is 0 Å². The van der Waals surface area contributed by atoms with Gasteiger partial charge in [-0.25, -0.2) is 0 Å². The first kappa shape index (κ1) is 27.5. The molecular weight excluding hydrogens is 520 g/mol. The number of amides is 2. The summed E-state index contributed by atoms with van der Waals surface area (Å²) < 4.78 is 0. The van der Waals surface area contributed by atoms with Crippen LogP contribution >= 0.6 is 0 Å². The lowest BCUT2D eigenvalue weighted by atomic mass is 9.98. The summed E-state index contributed by atoms with van der Waals surface area (Å²) in [6.45, 7) is 5.17. The number of anilines is 3. The molecule has 2 heterocycles. The molecule has 6 nitrogen and oxygen atoms in total. The van der Waals surface area contributed by atoms with E-state index in [4.69, 9.17) is 0 Å². The Morgan fingerprint density at radius 1 is 0.810 bits per heavy atom. The number of fused-ring (bicyclic) bond motifs is 1. The highest BCUT2D eigenvalue weighted by Crippen LogP contribution is 2.39. The Balaban J connectivity index is 1.29. The van der Waals surface area contributed by atoms with Crippen molar-refractivity contribution in [3.8, 4) is 0 Å². The molecule has 2 aliphatic heterocycles. The maximum Gasteiger partial charge on any atom is 0.258 e. The molecule has 2 aliphatic rings. The van der Waals surface area contributed by atoms with E-state index in [0.29, 0.717) is 11.3 Å². The fourth-order valence-corrected chi connectivity index (χ4v) is 5.73. The molecule has 0 radical (unpaired) electrons. The summed E-state index contributed by atoms with van der Waals surface area (Å²) in [4.78, 5) is 29.0. The van der Waals surface area contributed by atoms with Crippen molar-refractivity contribution in [2.24, 2.45) is 0 Å². The van der Waals surface area contributed by atoms with Gasteiger partial charge in [-0.1, -0.05) is 79.2 Å². The molecule has 4 aromatic rings. The van der Waals surface area contributed by atoms with E-state index in [2.05, 4.69) is 45.1 Å². The number of piperidine rings is 1. The molecular formula is C36H36N4O2. The zero-order chi connectivity index (χ0) is 28.9. The molecule has 0 saturated carbocycles. The molecule has 212 valence electrons. The minimum Gasteiger partial charge on any atom is -0.354 e. The smallest absolute Gasteiger partial charge is 0.258 e. The fourth-order valence-electron chi connectivity index (χ4n) is 5.73. The van der Waals surface area contributed by atoms with E-state index in [1.54, 1.807) is 0 Å². The maximum absolute atomic E-state index is 13.4. The van der Waals surface area contributed by atoms with Crippen molar-refractivity contribution in [3.05, 3.63) is 125 Å². The van der Waals surface area contributed by atoms with Crippen molar-refractivity contribution in [2.75, 3.05) is 29.0 Å². The number of hydrogen-bond acceptors (Lipinski definition) is 4.